The second-order valence-electron chi connectivity index (χ2n) is 7.30. The fourth-order valence-electron chi connectivity index (χ4n) is 3.25. The van der Waals surface area contributed by atoms with E-state index in [-0.39, 0.29) is 4.90 Å². The first-order chi connectivity index (χ1) is 11.7. The molecule has 0 aromatic heterocycles. The summed E-state index contributed by atoms with van der Waals surface area (Å²) in [6.07, 6.45) is -0.0135. The van der Waals surface area contributed by atoms with Gasteiger partial charge in [0.2, 0.25) is 0 Å². The maximum Gasteiger partial charge on any atom is 0.418 e. The van der Waals surface area contributed by atoms with E-state index >= 15 is 0 Å². The molecule has 0 saturated carbocycles. The Morgan fingerprint density at radius 1 is 1.31 bits per heavy atom. The van der Waals surface area contributed by atoms with Gasteiger partial charge in [-0.2, -0.15) is 13.2 Å². The summed E-state index contributed by atoms with van der Waals surface area (Å²) in [4.78, 5) is 0.0114. The van der Waals surface area contributed by atoms with Gasteiger partial charge >= 0.3 is 6.18 Å². The Balaban J connectivity index is 2.59. The van der Waals surface area contributed by atoms with Crippen LogP contribution in [0.5, 0.6) is 5.75 Å². The topological polar surface area (TPSA) is 63.6 Å². The van der Waals surface area contributed by atoms with Gasteiger partial charge in [-0.05, 0) is 29.5 Å². The first kappa shape index (κ1) is 20.6. The average Bonchev–Trinajstić information content (AvgIpc) is 2.91. The lowest BCUT2D eigenvalue weighted by Gasteiger charge is -2.37. The number of fused-ring (bicyclic) bond motifs is 1. The molecule has 1 aliphatic heterocycles. The standard InChI is InChI=1S/C18H21F3O4S/c1-5-7-17(22,18(19,20)21)11-16(2,3)14-10-13(26(4,23)24)9-12-6-8-25-15(12)14/h1,9-10,22H,6-8,11H2,2-4H3. The molecule has 0 fully saturated rings. The molecule has 0 saturated heterocycles. The van der Waals surface area contributed by atoms with Gasteiger partial charge in [0.1, 0.15) is 5.75 Å². The van der Waals surface area contributed by atoms with Crippen LogP contribution in [0.2, 0.25) is 0 Å². The van der Waals surface area contributed by atoms with E-state index in [1.54, 1.807) is 0 Å². The molecule has 4 nitrogen and oxygen atoms in total. The fraction of sp³-hybridized carbons (Fsp3) is 0.556. The minimum Gasteiger partial charge on any atom is -0.493 e. The molecule has 144 valence electrons. The normalized spacial score (nSPS) is 17.2. The van der Waals surface area contributed by atoms with Crippen LogP contribution in [-0.2, 0) is 21.7 Å². The van der Waals surface area contributed by atoms with E-state index < -0.39 is 39.9 Å². The van der Waals surface area contributed by atoms with Gasteiger partial charge in [0.15, 0.2) is 15.4 Å². The summed E-state index contributed by atoms with van der Waals surface area (Å²) < 4.78 is 69.7. The highest BCUT2D eigenvalue weighted by Crippen LogP contribution is 2.47. The zero-order valence-electron chi connectivity index (χ0n) is 14.8. The predicted octanol–water partition coefficient (Wildman–Crippen LogP) is 3.01. The summed E-state index contributed by atoms with van der Waals surface area (Å²) in [6, 6.07) is 2.81. The van der Waals surface area contributed by atoms with Crippen LogP contribution in [0.3, 0.4) is 0 Å². The van der Waals surface area contributed by atoms with Crippen LogP contribution in [0.1, 0.15) is 37.8 Å². The highest BCUT2D eigenvalue weighted by atomic mass is 32.2. The molecule has 1 atom stereocenters. The fourth-order valence-corrected chi connectivity index (χ4v) is 3.94. The Hall–Kier alpha value is -1.72. The van der Waals surface area contributed by atoms with Crippen molar-refractivity contribution in [1.82, 2.24) is 0 Å². The molecule has 0 spiro atoms. The third kappa shape index (κ3) is 3.84. The van der Waals surface area contributed by atoms with Crippen LogP contribution in [0.4, 0.5) is 13.2 Å². The third-order valence-corrected chi connectivity index (χ3v) is 5.66. The van der Waals surface area contributed by atoms with Gasteiger partial charge in [0.05, 0.1) is 11.5 Å². The monoisotopic (exact) mass is 390 g/mol. The molecule has 0 bridgehead atoms. The number of terminal acetylenes is 1. The van der Waals surface area contributed by atoms with E-state index in [0.717, 1.165) is 6.26 Å². The van der Waals surface area contributed by atoms with Crippen molar-refractivity contribution in [1.29, 1.82) is 0 Å². The zero-order chi connectivity index (χ0) is 20.0. The Morgan fingerprint density at radius 2 is 1.92 bits per heavy atom. The number of sulfone groups is 1. The number of rotatable bonds is 5. The smallest absolute Gasteiger partial charge is 0.418 e. The van der Waals surface area contributed by atoms with E-state index in [1.165, 1.54) is 26.0 Å². The van der Waals surface area contributed by atoms with Gasteiger partial charge in [-0.25, -0.2) is 8.42 Å². The molecule has 1 aromatic carbocycles. The molecule has 1 aliphatic rings. The number of alkyl halides is 3. The van der Waals surface area contributed by atoms with Crippen molar-refractivity contribution in [2.75, 3.05) is 12.9 Å². The first-order valence-electron chi connectivity index (χ1n) is 7.94. The number of ether oxygens (including phenoxy) is 1. The lowest BCUT2D eigenvalue weighted by Crippen LogP contribution is -2.49. The van der Waals surface area contributed by atoms with Crippen molar-refractivity contribution < 1.29 is 31.4 Å². The van der Waals surface area contributed by atoms with Crippen molar-refractivity contribution in [3.63, 3.8) is 0 Å². The number of benzene rings is 1. The van der Waals surface area contributed by atoms with Crippen LogP contribution >= 0.6 is 0 Å². The lowest BCUT2D eigenvalue weighted by atomic mass is 9.73. The van der Waals surface area contributed by atoms with E-state index in [1.807, 2.05) is 5.92 Å². The molecule has 1 heterocycles. The highest BCUT2D eigenvalue weighted by molar-refractivity contribution is 7.90. The highest BCUT2D eigenvalue weighted by Gasteiger charge is 2.55. The molecule has 0 radical (unpaired) electrons. The summed E-state index contributed by atoms with van der Waals surface area (Å²) >= 11 is 0. The van der Waals surface area contributed by atoms with Gasteiger partial charge in [0, 0.05) is 24.7 Å². The molecule has 26 heavy (non-hydrogen) atoms. The predicted molar refractivity (Wildman–Crippen MR) is 90.8 cm³/mol. The Labute approximate surface area is 151 Å². The molecule has 2 rings (SSSR count). The SMILES string of the molecule is C#CCC(O)(CC(C)(C)c1cc(S(C)(=O)=O)cc2c1OCC2)C(F)(F)F. The molecule has 1 unspecified atom stereocenters. The second kappa shape index (κ2) is 6.46. The number of hydrogen-bond acceptors (Lipinski definition) is 4. The van der Waals surface area contributed by atoms with Crippen LogP contribution < -0.4 is 4.74 Å². The van der Waals surface area contributed by atoms with E-state index in [9.17, 15) is 26.7 Å². The summed E-state index contributed by atoms with van der Waals surface area (Å²) in [6.45, 7) is 3.33. The lowest BCUT2D eigenvalue weighted by molar-refractivity contribution is -0.264. The minimum atomic E-state index is -4.92. The molecule has 1 aromatic rings. The first-order valence-corrected chi connectivity index (χ1v) is 9.83. The Morgan fingerprint density at radius 3 is 2.42 bits per heavy atom. The van der Waals surface area contributed by atoms with E-state index in [4.69, 9.17) is 11.2 Å². The van der Waals surface area contributed by atoms with Gasteiger partial charge in [0.25, 0.3) is 0 Å². The zero-order valence-corrected chi connectivity index (χ0v) is 15.6. The molecular formula is C18H21F3O4S. The Bertz CT molecular complexity index is 850. The maximum atomic E-state index is 13.4. The van der Waals surface area contributed by atoms with Crippen LogP contribution in [0, 0.1) is 12.3 Å². The van der Waals surface area contributed by atoms with Crippen molar-refractivity contribution in [3.05, 3.63) is 23.3 Å². The maximum absolute atomic E-state index is 13.4. The number of halogens is 3. The average molecular weight is 390 g/mol. The van der Waals surface area contributed by atoms with Crippen molar-refractivity contribution in [2.24, 2.45) is 0 Å². The van der Waals surface area contributed by atoms with Gasteiger partial charge in [-0.15, -0.1) is 12.3 Å². The van der Waals surface area contributed by atoms with Crippen LogP contribution in [0.25, 0.3) is 0 Å². The summed E-state index contributed by atoms with van der Waals surface area (Å²) in [5.41, 5.74) is -3.38. The van der Waals surface area contributed by atoms with Crippen molar-refractivity contribution in [3.8, 4) is 18.1 Å². The van der Waals surface area contributed by atoms with Crippen molar-refractivity contribution in [2.45, 2.75) is 55.2 Å². The second-order valence-corrected chi connectivity index (χ2v) is 9.32. The van der Waals surface area contributed by atoms with Crippen LogP contribution in [-0.4, -0.2) is 38.2 Å². The van der Waals surface area contributed by atoms with Crippen molar-refractivity contribution >= 4 is 9.84 Å². The third-order valence-electron chi connectivity index (χ3n) is 4.57. The summed E-state index contributed by atoms with van der Waals surface area (Å²) in [5, 5.41) is 10.2. The van der Waals surface area contributed by atoms with Crippen LogP contribution in [0.15, 0.2) is 17.0 Å². The summed E-state index contributed by atoms with van der Waals surface area (Å²) in [7, 11) is -3.56. The molecule has 1 N–H and O–H groups in total. The number of hydrogen-bond donors (Lipinski definition) is 1. The molecule has 0 aliphatic carbocycles. The van der Waals surface area contributed by atoms with Gasteiger partial charge < -0.3 is 9.84 Å². The molecular weight excluding hydrogens is 369 g/mol. The Kier molecular flexibility index (Phi) is 5.12. The quantitative estimate of drug-likeness (QED) is 0.785. The molecule has 8 heteroatoms. The molecule has 0 amide bonds. The van der Waals surface area contributed by atoms with E-state index in [2.05, 4.69) is 0 Å². The van der Waals surface area contributed by atoms with Gasteiger partial charge in [-0.1, -0.05) is 13.8 Å². The summed E-state index contributed by atoms with van der Waals surface area (Å²) in [5.74, 6) is 2.26. The largest absolute Gasteiger partial charge is 0.493 e. The van der Waals surface area contributed by atoms with Gasteiger partial charge in [-0.3, -0.25) is 0 Å². The van der Waals surface area contributed by atoms with E-state index in [0.29, 0.717) is 29.9 Å². The minimum absolute atomic E-state index is 0.0114. The number of aliphatic hydroxyl groups is 1.